The van der Waals surface area contributed by atoms with Crippen LogP contribution in [-0.2, 0) is 0 Å². The van der Waals surface area contributed by atoms with E-state index in [-0.39, 0.29) is 0 Å². The Hall–Kier alpha value is -1.09. The molecule has 0 spiro atoms. The van der Waals surface area contributed by atoms with Gasteiger partial charge in [-0.15, -0.1) is 11.6 Å². The zero-order valence-electron chi connectivity index (χ0n) is 11.0. The normalized spacial score (nSPS) is 12.1. The van der Waals surface area contributed by atoms with E-state index in [0.29, 0.717) is 21.5 Å². The van der Waals surface area contributed by atoms with Crippen LogP contribution in [0.2, 0.25) is 10.0 Å². The molecule has 0 aliphatic carbocycles. The van der Waals surface area contributed by atoms with Gasteiger partial charge in [0.25, 0.3) is 0 Å². The lowest BCUT2D eigenvalue weighted by molar-refractivity contribution is 0.410. The van der Waals surface area contributed by atoms with E-state index in [9.17, 15) is 0 Å². The SMILES string of the molecule is COc1ccc(C(Cl)c2cc(Cl)ccc2OC)c(Cl)c1. The number of halogens is 3. The van der Waals surface area contributed by atoms with Crippen LogP contribution in [-0.4, -0.2) is 14.2 Å². The van der Waals surface area contributed by atoms with Gasteiger partial charge in [0.05, 0.1) is 19.6 Å². The van der Waals surface area contributed by atoms with Crippen LogP contribution in [0.4, 0.5) is 0 Å². The van der Waals surface area contributed by atoms with Gasteiger partial charge in [0, 0.05) is 15.6 Å². The standard InChI is InChI=1S/C15H13Cl3O2/c1-19-10-4-5-11(13(17)8-10)15(18)12-7-9(16)3-6-14(12)20-2/h3-8,15H,1-2H3. The molecule has 0 aliphatic rings. The van der Waals surface area contributed by atoms with Crippen molar-refractivity contribution in [2.24, 2.45) is 0 Å². The van der Waals surface area contributed by atoms with Crippen LogP contribution in [0.1, 0.15) is 16.5 Å². The van der Waals surface area contributed by atoms with Gasteiger partial charge in [0.15, 0.2) is 0 Å². The van der Waals surface area contributed by atoms with E-state index >= 15 is 0 Å². The lowest BCUT2D eigenvalue weighted by atomic mass is 10.0. The Labute approximate surface area is 133 Å². The number of alkyl halides is 1. The van der Waals surface area contributed by atoms with Crippen molar-refractivity contribution >= 4 is 34.8 Å². The van der Waals surface area contributed by atoms with Crippen LogP contribution in [0.3, 0.4) is 0 Å². The van der Waals surface area contributed by atoms with Crippen molar-refractivity contribution in [2.45, 2.75) is 5.38 Å². The molecule has 2 nitrogen and oxygen atoms in total. The zero-order valence-corrected chi connectivity index (χ0v) is 13.3. The fourth-order valence-electron chi connectivity index (χ4n) is 1.91. The largest absolute Gasteiger partial charge is 0.497 e. The molecule has 0 aromatic heterocycles. The number of benzene rings is 2. The smallest absolute Gasteiger partial charge is 0.123 e. The van der Waals surface area contributed by atoms with Crippen LogP contribution in [0.25, 0.3) is 0 Å². The third-order valence-electron chi connectivity index (χ3n) is 2.95. The molecule has 0 aliphatic heterocycles. The van der Waals surface area contributed by atoms with E-state index in [0.717, 1.165) is 11.1 Å². The Bertz CT molecular complexity index is 614. The minimum Gasteiger partial charge on any atom is -0.497 e. The first-order valence-electron chi connectivity index (χ1n) is 5.87. The van der Waals surface area contributed by atoms with Gasteiger partial charge in [-0.25, -0.2) is 0 Å². The maximum absolute atomic E-state index is 6.52. The molecule has 0 fully saturated rings. The van der Waals surface area contributed by atoms with Crippen molar-refractivity contribution < 1.29 is 9.47 Å². The molecule has 106 valence electrons. The van der Waals surface area contributed by atoms with Crippen molar-refractivity contribution in [2.75, 3.05) is 14.2 Å². The lowest BCUT2D eigenvalue weighted by Gasteiger charge is -2.16. The van der Waals surface area contributed by atoms with Crippen molar-refractivity contribution in [1.82, 2.24) is 0 Å². The van der Waals surface area contributed by atoms with E-state index in [1.807, 2.05) is 12.1 Å². The zero-order chi connectivity index (χ0) is 14.7. The number of hydrogen-bond acceptors (Lipinski definition) is 2. The average molecular weight is 332 g/mol. The Morgan fingerprint density at radius 3 is 2.25 bits per heavy atom. The average Bonchev–Trinajstić information content (AvgIpc) is 2.46. The van der Waals surface area contributed by atoms with Crippen molar-refractivity contribution in [3.05, 3.63) is 57.6 Å². The summed E-state index contributed by atoms with van der Waals surface area (Å²) in [6.45, 7) is 0. The maximum atomic E-state index is 6.52. The van der Waals surface area contributed by atoms with E-state index in [1.165, 1.54) is 0 Å². The molecule has 0 heterocycles. The van der Waals surface area contributed by atoms with Gasteiger partial charge in [-0.2, -0.15) is 0 Å². The summed E-state index contributed by atoms with van der Waals surface area (Å²) in [7, 11) is 3.18. The summed E-state index contributed by atoms with van der Waals surface area (Å²) in [6, 6.07) is 10.7. The molecule has 0 saturated heterocycles. The molecular formula is C15H13Cl3O2. The van der Waals surface area contributed by atoms with E-state index in [4.69, 9.17) is 44.3 Å². The minimum absolute atomic E-state index is 0.456. The lowest BCUT2D eigenvalue weighted by Crippen LogP contribution is -1.99. The topological polar surface area (TPSA) is 18.5 Å². The molecule has 0 saturated carbocycles. The summed E-state index contributed by atoms with van der Waals surface area (Å²) < 4.78 is 10.4. The first kappa shape index (κ1) is 15.3. The Morgan fingerprint density at radius 1 is 0.900 bits per heavy atom. The second-order valence-corrected chi connectivity index (χ2v) is 5.42. The van der Waals surface area contributed by atoms with Gasteiger partial charge in [-0.05, 0) is 35.9 Å². The van der Waals surface area contributed by atoms with E-state index < -0.39 is 5.38 Å². The van der Waals surface area contributed by atoms with Crippen molar-refractivity contribution in [3.8, 4) is 11.5 Å². The van der Waals surface area contributed by atoms with Crippen LogP contribution in [0.15, 0.2) is 36.4 Å². The number of rotatable bonds is 4. The molecule has 2 aromatic carbocycles. The van der Waals surface area contributed by atoms with Crippen LogP contribution >= 0.6 is 34.8 Å². The predicted molar refractivity (Wildman–Crippen MR) is 83.7 cm³/mol. The van der Waals surface area contributed by atoms with Crippen LogP contribution in [0.5, 0.6) is 11.5 Å². The third-order valence-corrected chi connectivity index (χ3v) is 3.98. The molecule has 2 rings (SSSR count). The second-order valence-electron chi connectivity index (χ2n) is 4.14. The molecule has 1 unspecified atom stereocenters. The summed E-state index contributed by atoms with van der Waals surface area (Å²) in [4.78, 5) is 0. The summed E-state index contributed by atoms with van der Waals surface area (Å²) in [5, 5.41) is 0.671. The highest BCUT2D eigenvalue weighted by Crippen LogP contribution is 2.40. The van der Waals surface area contributed by atoms with Crippen LogP contribution in [0, 0.1) is 0 Å². The Kier molecular flexibility index (Phi) is 5.03. The summed E-state index contributed by atoms with van der Waals surface area (Å²) >= 11 is 18.8. The highest BCUT2D eigenvalue weighted by atomic mass is 35.5. The first-order valence-corrected chi connectivity index (χ1v) is 7.07. The van der Waals surface area contributed by atoms with E-state index in [1.54, 1.807) is 38.5 Å². The molecule has 1 atom stereocenters. The van der Waals surface area contributed by atoms with Crippen molar-refractivity contribution in [1.29, 1.82) is 0 Å². The Morgan fingerprint density at radius 2 is 1.65 bits per heavy atom. The van der Waals surface area contributed by atoms with E-state index in [2.05, 4.69) is 0 Å². The molecule has 20 heavy (non-hydrogen) atoms. The van der Waals surface area contributed by atoms with Gasteiger partial charge in [-0.3, -0.25) is 0 Å². The number of methoxy groups -OCH3 is 2. The Balaban J connectivity index is 2.45. The molecule has 0 radical (unpaired) electrons. The number of ether oxygens (including phenoxy) is 2. The highest BCUT2D eigenvalue weighted by molar-refractivity contribution is 6.33. The summed E-state index contributed by atoms with van der Waals surface area (Å²) in [5.74, 6) is 1.35. The summed E-state index contributed by atoms with van der Waals surface area (Å²) in [5.41, 5.74) is 1.54. The van der Waals surface area contributed by atoms with Crippen LogP contribution < -0.4 is 9.47 Å². The molecule has 0 amide bonds. The second kappa shape index (κ2) is 6.57. The fraction of sp³-hybridized carbons (Fsp3) is 0.200. The first-order chi connectivity index (χ1) is 9.56. The molecule has 2 aromatic rings. The third kappa shape index (κ3) is 3.14. The molecule has 5 heteroatoms. The monoisotopic (exact) mass is 330 g/mol. The highest BCUT2D eigenvalue weighted by Gasteiger charge is 2.19. The summed E-state index contributed by atoms with van der Waals surface area (Å²) in [6.07, 6.45) is 0. The van der Waals surface area contributed by atoms with Gasteiger partial charge in [0.2, 0.25) is 0 Å². The van der Waals surface area contributed by atoms with Crippen molar-refractivity contribution in [3.63, 3.8) is 0 Å². The number of hydrogen-bond donors (Lipinski definition) is 0. The van der Waals surface area contributed by atoms with Gasteiger partial charge >= 0.3 is 0 Å². The molecule has 0 bridgehead atoms. The van der Waals surface area contributed by atoms with Gasteiger partial charge in [-0.1, -0.05) is 29.3 Å². The minimum atomic E-state index is -0.456. The van der Waals surface area contributed by atoms with Gasteiger partial charge < -0.3 is 9.47 Å². The fourth-order valence-corrected chi connectivity index (χ4v) is 2.79. The van der Waals surface area contributed by atoms with Gasteiger partial charge in [0.1, 0.15) is 11.5 Å². The quantitative estimate of drug-likeness (QED) is 0.704. The molecule has 0 N–H and O–H groups in total. The maximum Gasteiger partial charge on any atom is 0.123 e. The molecular weight excluding hydrogens is 319 g/mol. The predicted octanol–water partition coefficient (Wildman–Crippen LogP) is 5.34.